The summed E-state index contributed by atoms with van der Waals surface area (Å²) in [4.78, 5) is 28.2. The zero-order valence-electron chi connectivity index (χ0n) is 26.4. The van der Waals surface area contributed by atoms with Crippen molar-refractivity contribution in [3.05, 3.63) is 71.3 Å². The van der Waals surface area contributed by atoms with Crippen molar-refractivity contribution in [1.29, 1.82) is 0 Å². The highest BCUT2D eigenvalue weighted by Gasteiger charge is 2.47. The number of likely N-dealkylation sites (tertiary alicyclic amines) is 1. The number of ether oxygens (including phenoxy) is 1. The Morgan fingerprint density at radius 2 is 1.61 bits per heavy atom. The Morgan fingerprint density at radius 1 is 1.00 bits per heavy atom. The van der Waals surface area contributed by atoms with Crippen LogP contribution in [0.1, 0.15) is 88.9 Å². The molecule has 1 saturated heterocycles. The van der Waals surface area contributed by atoms with Gasteiger partial charge in [-0.15, -0.1) is 0 Å². The molecule has 226 valence electrons. The van der Waals surface area contributed by atoms with Gasteiger partial charge in [-0.25, -0.2) is 4.79 Å². The lowest BCUT2D eigenvalue weighted by molar-refractivity contribution is -0.00239. The second kappa shape index (κ2) is 13.1. The van der Waals surface area contributed by atoms with Gasteiger partial charge in [-0.2, -0.15) is 0 Å². The van der Waals surface area contributed by atoms with E-state index in [0.29, 0.717) is 12.0 Å². The molecule has 8 heteroatoms. The monoisotopic (exact) mass is 582 g/mol. The number of hydrogen-bond acceptors (Lipinski definition) is 5. The molecule has 1 aliphatic rings. The van der Waals surface area contributed by atoms with E-state index in [2.05, 4.69) is 51.3 Å². The SMILES string of the molecule is CC(O)CNC(=O)c1ccc(C[C@@H]2CC[C@H]([C@H](O[Si](C)(C)C(C)(C)C)c3ccccc3)N2C(=O)OC(C)(C)C)cc1. The van der Waals surface area contributed by atoms with Crippen molar-refractivity contribution >= 4 is 20.3 Å². The highest BCUT2D eigenvalue weighted by molar-refractivity contribution is 6.74. The highest BCUT2D eigenvalue weighted by atomic mass is 28.4. The van der Waals surface area contributed by atoms with Crippen LogP contribution in [0.2, 0.25) is 18.1 Å². The Balaban J connectivity index is 1.92. The van der Waals surface area contributed by atoms with E-state index in [9.17, 15) is 14.7 Å². The van der Waals surface area contributed by atoms with Crippen molar-refractivity contribution in [1.82, 2.24) is 10.2 Å². The fourth-order valence-electron chi connectivity index (χ4n) is 4.92. The maximum Gasteiger partial charge on any atom is 0.410 e. The van der Waals surface area contributed by atoms with Crippen LogP contribution in [0.5, 0.6) is 0 Å². The van der Waals surface area contributed by atoms with Crippen LogP contribution >= 0.6 is 0 Å². The van der Waals surface area contributed by atoms with Gasteiger partial charge in [-0.3, -0.25) is 9.69 Å². The van der Waals surface area contributed by atoms with Crippen LogP contribution in [0.25, 0.3) is 0 Å². The van der Waals surface area contributed by atoms with Gasteiger partial charge in [0.05, 0.1) is 18.2 Å². The quantitative estimate of drug-likeness (QED) is 0.315. The van der Waals surface area contributed by atoms with Gasteiger partial charge in [0.15, 0.2) is 8.32 Å². The van der Waals surface area contributed by atoms with Crippen LogP contribution in [-0.4, -0.2) is 60.7 Å². The molecule has 0 spiro atoms. The number of carbonyl (C=O) groups is 2. The van der Waals surface area contributed by atoms with Crippen LogP contribution < -0.4 is 5.32 Å². The van der Waals surface area contributed by atoms with Gasteiger partial charge in [-0.05, 0) is 88.3 Å². The number of nitrogens with zero attached hydrogens (tertiary/aromatic N) is 1. The summed E-state index contributed by atoms with van der Waals surface area (Å²) in [5.74, 6) is -0.220. The molecule has 2 aromatic rings. The summed E-state index contributed by atoms with van der Waals surface area (Å²) in [5.41, 5.74) is 2.02. The largest absolute Gasteiger partial charge is 0.444 e. The van der Waals surface area contributed by atoms with Gasteiger partial charge in [-0.1, -0.05) is 63.2 Å². The second-order valence-electron chi connectivity index (χ2n) is 13.9. The molecule has 2 aromatic carbocycles. The zero-order chi connectivity index (χ0) is 30.6. The molecule has 3 rings (SSSR count). The zero-order valence-corrected chi connectivity index (χ0v) is 27.4. The van der Waals surface area contributed by atoms with Crippen molar-refractivity contribution < 1.29 is 23.9 Å². The average molecular weight is 583 g/mol. The number of aliphatic hydroxyl groups is 1. The molecular weight excluding hydrogens is 532 g/mol. The molecule has 2 N–H and O–H groups in total. The standard InChI is InChI=1S/C33H50N2O5Si/c1-23(36)22-34-30(37)26-17-15-24(16-18-26)21-27-19-20-28(35(27)31(38)39-32(2,3)4)29(25-13-11-10-12-14-25)40-41(8,9)33(5,6)7/h10-18,23,27-29,36H,19-22H2,1-9H3,(H,34,37)/t23?,27-,28+,29+/m0/s1. The number of hydrogen-bond donors (Lipinski definition) is 2. The molecular formula is C33H50N2O5Si. The van der Waals surface area contributed by atoms with Crippen molar-refractivity contribution in [2.24, 2.45) is 0 Å². The van der Waals surface area contributed by atoms with Crippen LogP contribution in [0, 0.1) is 0 Å². The molecule has 7 nitrogen and oxygen atoms in total. The number of carbonyl (C=O) groups excluding carboxylic acids is 2. The Kier molecular flexibility index (Phi) is 10.5. The lowest BCUT2D eigenvalue weighted by Gasteiger charge is -2.43. The third-order valence-corrected chi connectivity index (χ3v) is 12.6. The predicted molar refractivity (Wildman–Crippen MR) is 167 cm³/mol. The normalized spacial score (nSPS) is 19.5. The summed E-state index contributed by atoms with van der Waals surface area (Å²) in [7, 11) is -2.19. The van der Waals surface area contributed by atoms with Gasteiger partial charge in [0.2, 0.25) is 0 Å². The first kappa shape index (κ1) is 32.8. The smallest absolute Gasteiger partial charge is 0.410 e. The van der Waals surface area contributed by atoms with Crippen molar-refractivity contribution in [2.45, 2.75) is 116 Å². The van der Waals surface area contributed by atoms with Gasteiger partial charge >= 0.3 is 6.09 Å². The second-order valence-corrected chi connectivity index (χ2v) is 18.6. The third kappa shape index (κ3) is 8.90. The molecule has 4 atom stereocenters. The minimum atomic E-state index is -2.19. The number of benzene rings is 2. The van der Waals surface area contributed by atoms with Gasteiger partial charge < -0.3 is 19.6 Å². The molecule has 0 saturated carbocycles. The maximum atomic E-state index is 13.8. The summed E-state index contributed by atoms with van der Waals surface area (Å²) >= 11 is 0. The lowest BCUT2D eigenvalue weighted by atomic mass is 10.0. The molecule has 0 bridgehead atoms. The van der Waals surface area contributed by atoms with E-state index in [1.54, 1.807) is 19.1 Å². The van der Waals surface area contributed by atoms with Crippen LogP contribution in [-0.2, 0) is 15.6 Å². The summed E-state index contributed by atoms with van der Waals surface area (Å²) in [5, 5.41) is 12.2. The van der Waals surface area contributed by atoms with Crippen molar-refractivity contribution in [3.8, 4) is 0 Å². The molecule has 41 heavy (non-hydrogen) atoms. The Morgan fingerprint density at radius 3 is 2.15 bits per heavy atom. The molecule has 0 radical (unpaired) electrons. The van der Waals surface area contributed by atoms with Gasteiger partial charge in [0.1, 0.15) is 5.60 Å². The summed E-state index contributed by atoms with van der Waals surface area (Å²) < 4.78 is 13.1. The van der Waals surface area contributed by atoms with E-state index >= 15 is 0 Å². The molecule has 2 amide bonds. The first-order chi connectivity index (χ1) is 19.0. The average Bonchev–Trinajstić information content (AvgIpc) is 3.28. The van der Waals surface area contributed by atoms with Crippen molar-refractivity contribution in [2.75, 3.05) is 6.54 Å². The number of rotatable bonds is 9. The first-order valence-electron chi connectivity index (χ1n) is 14.8. The summed E-state index contributed by atoms with van der Waals surface area (Å²) in [6, 6.07) is 17.5. The van der Waals surface area contributed by atoms with E-state index in [1.807, 2.05) is 56.0 Å². The number of nitrogens with one attached hydrogen (secondary N) is 1. The van der Waals surface area contributed by atoms with Gasteiger partial charge in [0, 0.05) is 18.2 Å². The van der Waals surface area contributed by atoms with E-state index in [1.165, 1.54) is 0 Å². The molecule has 1 aliphatic heterocycles. The van der Waals surface area contributed by atoms with E-state index in [4.69, 9.17) is 9.16 Å². The van der Waals surface area contributed by atoms with Crippen LogP contribution in [0.4, 0.5) is 4.79 Å². The Hall–Kier alpha value is -2.68. The first-order valence-corrected chi connectivity index (χ1v) is 17.7. The molecule has 1 fully saturated rings. The molecule has 1 heterocycles. The highest BCUT2D eigenvalue weighted by Crippen LogP contribution is 2.44. The minimum absolute atomic E-state index is 0.0119. The topological polar surface area (TPSA) is 88.1 Å². The fourth-order valence-corrected chi connectivity index (χ4v) is 6.20. The van der Waals surface area contributed by atoms with E-state index in [-0.39, 0.29) is 41.8 Å². The third-order valence-electron chi connectivity index (χ3n) is 8.10. The van der Waals surface area contributed by atoms with E-state index < -0.39 is 20.0 Å². The fraction of sp³-hybridized carbons (Fsp3) is 0.576. The molecule has 0 aliphatic carbocycles. The van der Waals surface area contributed by atoms with Gasteiger partial charge in [0.25, 0.3) is 5.91 Å². The van der Waals surface area contributed by atoms with Crippen molar-refractivity contribution in [3.63, 3.8) is 0 Å². The Labute approximate surface area is 247 Å². The van der Waals surface area contributed by atoms with Crippen LogP contribution in [0.15, 0.2) is 54.6 Å². The maximum absolute atomic E-state index is 13.8. The summed E-state index contributed by atoms with van der Waals surface area (Å²) in [6.45, 7) is 18.7. The number of amides is 2. The minimum Gasteiger partial charge on any atom is -0.444 e. The molecule has 1 unspecified atom stereocenters. The van der Waals surface area contributed by atoms with E-state index in [0.717, 1.165) is 24.0 Å². The Bertz CT molecular complexity index is 1150. The number of aliphatic hydroxyl groups excluding tert-OH is 1. The predicted octanol–water partition coefficient (Wildman–Crippen LogP) is 6.87. The van der Waals surface area contributed by atoms with Crippen LogP contribution in [0.3, 0.4) is 0 Å². The lowest BCUT2D eigenvalue weighted by Crippen LogP contribution is -2.50. The summed E-state index contributed by atoms with van der Waals surface area (Å²) in [6.07, 6.45) is 1.08. The molecule has 0 aromatic heterocycles.